The normalized spacial score (nSPS) is 13.5. The van der Waals surface area contributed by atoms with Gasteiger partial charge in [0.2, 0.25) is 6.36 Å². The fourth-order valence-electron chi connectivity index (χ4n) is 0.424. The smallest absolute Gasteiger partial charge is 0.227 e. The average Bonchev–Trinajstić information content (AvgIpc) is 1.98. The molecule has 0 N–H and O–H groups in total. The summed E-state index contributed by atoms with van der Waals surface area (Å²) in [5.41, 5.74) is 0. The Morgan fingerprint density at radius 3 is 2.60 bits per heavy atom. The van der Waals surface area contributed by atoms with Gasteiger partial charge >= 0.3 is 0 Å². The monoisotopic (exact) mass is 154 g/mol. The second-order valence-electron chi connectivity index (χ2n) is 1.63. The van der Waals surface area contributed by atoms with E-state index in [1.165, 1.54) is 0 Å². The molecule has 2 nitrogen and oxygen atoms in total. The molecule has 1 atom stereocenters. The molecule has 0 radical (unpaired) electrons. The highest BCUT2D eigenvalue weighted by atomic mass is 19.2. The van der Waals surface area contributed by atoms with Crippen LogP contribution in [-0.2, 0) is 9.47 Å². The zero-order valence-corrected chi connectivity index (χ0v) is 5.98. The summed E-state index contributed by atoms with van der Waals surface area (Å²) in [5.74, 6) is 0. The van der Waals surface area contributed by atoms with Crippen molar-refractivity contribution >= 4 is 0 Å². The lowest BCUT2D eigenvalue weighted by atomic mass is 10.7. The van der Waals surface area contributed by atoms with Crippen LogP contribution in [0.15, 0.2) is 0 Å². The molecule has 4 heteroatoms. The largest absolute Gasteiger partial charge is 0.379 e. The Labute approximate surface area is 59.1 Å². The second-order valence-corrected chi connectivity index (χ2v) is 1.63. The number of alkyl halides is 2. The fraction of sp³-hybridized carbons (Fsp3) is 1.00. The molecule has 0 spiro atoms. The molecule has 10 heavy (non-hydrogen) atoms. The van der Waals surface area contributed by atoms with E-state index in [0.717, 1.165) is 0 Å². The maximum atomic E-state index is 11.9. The van der Waals surface area contributed by atoms with E-state index in [1.807, 2.05) is 6.92 Å². The molecular weight excluding hydrogens is 142 g/mol. The van der Waals surface area contributed by atoms with Gasteiger partial charge in [-0.15, -0.1) is 0 Å². The van der Waals surface area contributed by atoms with Crippen molar-refractivity contribution in [2.75, 3.05) is 26.5 Å². The molecule has 0 bridgehead atoms. The first-order chi connectivity index (χ1) is 4.81. The average molecular weight is 154 g/mol. The third-order valence-electron chi connectivity index (χ3n) is 0.852. The molecule has 0 amide bonds. The van der Waals surface area contributed by atoms with Gasteiger partial charge < -0.3 is 9.47 Å². The Morgan fingerprint density at radius 1 is 1.40 bits per heavy atom. The Balaban J connectivity index is 2.89. The summed E-state index contributed by atoms with van der Waals surface area (Å²) in [4.78, 5) is 0. The summed E-state index contributed by atoms with van der Waals surface area (Å²) in [6.07, 6.45) is -1.79. The van der Waals surface area contributed by atoms with Gasteiger partial charge in [0.25, 0.3) is 0 Å². The first-order valence-corrected chi connectivity index (χ1v) is 3.20. The molecule has 0 aromatic carbocycles. The molecule has 0 heterocycles. The third kappa shape index (κ3) is 5.91. The highest BCUT2D eigenvalue weighted by Gasteiger charge is 2.02. The van der Waals surface area contributed by atoms with Crippen LogP contribution in [0.4, 0.5) is 8.78 Å². The fourth-order valence-corrected chi connectivity index (χ4v) is 0.424. The van der Waals surface area contributed by atoms with E-state index in [2.05, 4.69) is 4.74 Å². The minimum Gasteiger partial charge on any atom is -0.379 e. The van der Waals surface area contributed by atoms with Crippen molar-refractivity contribution < 1.29 is 18.3 Å². The molecule has 0 aliphatic heterocycles. The quantitative estimate of drug-likeness (QED) is 0.537. The first kappa shape index (κ1) is 9.78. The van der Waals surface area contributed by atoms with E-state index in [0.29, 0.717) is 13.2 Å². The van der Waals surface area contributed by atoms with E-state index >= 15 is 0 Å². The van der Waals surface area contributed by atoms with Gasteiger partial charge in [-0.05, 0) is 6.92 Å². The van der Waals surface area contributed by atoms with Crippen LogP contribution in [0.25, 0.3) is 0 Å². The summed E-state index contributed by atoms with van der Waals surface area (Å²) in [5, 5.41) is 0. The predicted octanol–water partition coefficient (Wildman–Crippen LogP) is 1.30. The van der Waals surface area contributed by atoms with E-state index in [1.54, 1.807) is 0 Å². The molecule has 0 saturated carbocycles. The zero-order valence-electron chi connectivity index (χ0n) is 5.98. The lowest BCUT2D eigenvalue weighted by molar-refractivity contribution is -0.0701. The molecule has 0 fully saturated rings. The van der Waals surface area contributed by atoms with E-state index in [4.69, 9.17) is 4.74 Å². The van der Waals surface area contributed by atoms with Gasteiger partial charge in [-0.3, -0.25) is 0 Å². The number of hydrogen-bond acceptors (Lipinski definition) is 2. The van der Waals surface area contributed by atoms with Crippen LogP contribution in [-0.4, -0.2) is 32.9 Å². The zero-order chi connectivity index (χ0) is 7.82. The lowest BCUT2D eigenvalue weighted by Crippen LogP contribution is -2.13. The maximum absolute atomic E-state index is 11.9. The third-order valence-corrected chi connectivity index (χ3v) is 0.852. The van der Waals surface area contributed by atoms with E-state index in [9.17, 15) is 8.78 Å². The summed E-state index contributed by atoms with van der Waals surface area (Å²) in [6, 6.07) is 0. The summed E-state index contributed by atoms with van der Waals surface area (Å²) in [6.45, 7) is 1.72. The van der Waals surface area contributed by atoms with Crippen molar-refractivity contribution in [3.63, 3.8) is 0 Å². The van der Waals surface area contributed by atoms with Crippen LogP contribution in [0.5, 0.6) is 0 Å². The SMILES string of the molecule is CCOCCOC(F)CF. The highest BCUT2D eigenvalue weighted by Crippen LogP contribution is 1.93. The van der Waals surface area contributed by atoms with Gasteiger partial charge in [0, 0.05) is 6.61 Å². The van der Waals surface area contributed by atoms with Gasteiger partial charge in [0.1, 0.15) is 6.67 Å². The van der Waals surface area contributed by atoms with Crippen LogP contribution < -0.4 is 0 Å². The molecule has 0 aromatic heterocycles. The molecule has 0 aliphatic carbocycles. The van der Waals surface area contributed by atoms with Crippen LogP contribution in [0, 0.1) is 0 Å². The number of halogens is 2. The molecular formula is C6H12F2O2. The minimum absolute atomic E-state index is 0.110. The highest BCUT2D eigenvalue weighted by molar-refractivity contribution is 4.35. The minimum atomic E-state index is -1.79. The standard InChI is InChI=1S/C6H12F2O2/c1-2-9-3-4-10-6(8)5-7/h6H,2-5H2,1H3. The molecule has 1 unspecified atom stereocenters. The van der Waals surface area contributed by atoms with Crippen LogP contribution in [0.2, 0.25) is 0 Å². The van der Waals surface area contributed by atoms with Crippen molar-refractivity contribution in [2.24, 2.45) is 0 Å². The van der Waals surface area contributed by atoms with Crippen LogP contribution in [0.3, 0.4) is 0 Å². The predicted molar refractivity (Wildman–Crippen MR) is 33.3 cm³/mol. The van der Waals surface area contributed by atoms with Crippen LogP contribution in [0.1, 0.15) is 6.92 Å². The van der Waals surface area contributed by atoms with Crippen molar-refractivity contribution in [1.82, 2.24) is 0 Å². The second kappa shape index (κ2) is 6.89. The van der Waals surface area contributed by atoms with Crippen molar-refractivity contribution in [3.05, 3.63) is 0 Å². The van der Waals surface area contributed by atoms with E-state index < -0.39 is 13.0 Å². The van der Waals surface area contributed by atoms with Gasteiger partial charge in [0.15, 0.2) is 0 Å². The molecule has 0 rings (SSSR count). The van der Waals surface area contributed by atoms with Gasteiger partial charge in [-0.2, -0.15) is 0 Å². The van der Waals surface area contributed by atoms with E-state index in [-0.39, 0.29) is 6.61 Å². The summed E-state index contributed by atoms with van der Waals surface area (Å²) >= 11 is 0. The van der Waals surface area contributed by atoms with Crippen molar-refractivity contribution in [3.8, 4) is 0 Å². The Hall–Kier alpha value is -0.220. The molecule has 62 valence electrons. The topological polar surface area (TPSA) is 18.5 Å². The molecule has 0 aliphatic rings. The van der Waals surface area contributed by atoms with Gasteiger partial charge in [-0.25, -0.2) is 8.78 Å². The molecule has 0 aromatic rings. The van der Waals surface area contributed by atoms with Gasteiger partial charge in [-0.1, -0.05) is 0 Å². The number of ether oxygens (including phenoxy) is 2. The van der Waals surface area contributed by atoms with Crippen molar-refractivity contribution in [1.29, 1.82) is 0 Å². The number of hydrogen-bond donors (Lipinski definition) is 0. The maximum Gasteiger partial charge on any atom is 0.227 e. The Morgan fingerprint density at radius 2 is 2.10 bits per heavy atom. The lowest BCUT2D eigenvalue weighted by Gasteiger charge is -2.04. The van der Waals surface area contributed by atoms with Gasteiger partial charge in [0.05, 0.1) is 13.2 Å². The first-order valence-electron chi connectivity index (χ1n) is 3.20. The Kier molecular flexibility index (Phi) is 6.74. The molecule has 0 saturated heterocycles. The van der Waals surface area contributed by atoms with Crippen LogP contribution >= 0.6 is 0 Å². The van der Waals surface area contributed by atoms with Crippen molar-refractivity contribution in [2.45, 2.75) is 13.3 Å². The summed E-state index contributed by atoms with van der Waals surface area (Å²) in [7, 11) is 0. The summed E-state index contributed by atoms with van der Waals surface area (Å²) < 4.78 is 32.4. The Bertz CT molecular complexity index is 70.8. The number of rotatable bonds is 6.